The molecule has 0 atom stereocenters. The van der Waals surface area contributed by atoms with Crippen molar-refractivity contribution in [2.24, 2.45) is 5.92 Å². The van der Waals surface area contributed by atoms with Gasteiger partial charge < -0.3 is 24.8 Å². The molecule has 1 fully saturated rings. The summed E-state index contributed by atoms with van der Waals surface area (Å²) in [6, 6.07) is 24.7. The zero-order chi connectivity index (χ0) is 23.3. The summed E-state index contributed by atoms with van der Waals surface area (Å²) in [4.78, 5) is 14.7. The lowest BCUT2D eigenvalue weighted by molar-refractivity contribution is -0.00860. The third-order valence-corrected chi connectivity index (χ3v) is 6.45. The van der Waals surface area contributed by atoms with Gasteiger partial charge in [0.2, 0.25) is 0 Å². The number of anilines is 1. The molecule has 6 heteroatoms. The molecule has 3 aromatic carbocycles. The van der Waals surface area contributed by atoms with E-state index in [1.165, 1.54) is 0 Å². The maximum atomic E-state index is 13.0. The van der Waals surface area contributed by atoms with E-state index in [-0.39, 0.29) is 11.9 Å². The van der Waals surface area contributed by atoms with Gasteiger partial charge in [0.15, 0.2) is 0 Å². The molecule has 1 aliphatic rings. The first-order valence-corrected chi connectivity index (χ1v) is 11.2. The van der Waals surface area contributed by atoms with Crippen molar-refractivity contribution in [1.29, 1.82) is 0 Å². The molecule has 0 radical (unpaired) electrons. The van der Waals surface area contributed by atoms with Crippen LogP contribution in [0.1, 0.15) is 24.0 Å². The Bertz CT molecular complexity index is 1020. The third kappa shape index (κ3) is 4.66. The Morgan fingerprint density at radius 2 is 1.48 bits per heavy atom. The molecule has 0 bridgehead atoms. The number of rotatable bonds is 6. The Hall–Kier alpha value is -3.51. The second-order valence-electron chi connectivity index (χ2n) is 8.26. The van der Waals surface area contributed by atoms with Gasteiger partial charge in [-0.15, -0.1) is 0 Å². The fourth-order valence-corrected chi connectivity index (χ4v) is 4.62. The van der Waals surface area contributed by atoms with Gasteiger partial charge in [-0.25, -0.2) is 4.79 Å². The number of amides is 2. The minimum Gasteiger partial charge on any atom is -0.497 e. The van der Waals surface area contributed by atoms with Gasteiger partial charge in [-0.2, -0.15) is 0 Å². The predicted octanol–water partition coefficient (Wildman–Crippen LogP) is 4.88. The van der Waals surface area contributed by atoms with Crippen molar-refractivity contribution < 1.29 is 19.4 Å². The van der Waals surface area contributed by atoms with Crippen molar-refractivity contribution in [1.82, 2.24) is 4.90 Å². The molecule has 1 aliphatic heterocycles. The zero-order valence-corrected chi connectivity index (χ0v) is 19.0. The largest absolute Gasteiger partial charge is 0.497 e. The van der Waals surface area contributed by atoms with Gasteiger partial charge in [0.25, 0.3) is 0 Å². The first-order valence-electron chi connectivity index (χ1n) is 11.2. The van der Waals surface area contributed by atoms with Crippen molar-refractivity contribution >= 4 is 11.7 Å². The van der Waals surface area contributed by atoms with E-state index in [2.05, 4.69) is 5.32 Å². The second-order valence-corrected chi connectivity index (χ2v) is 8.26. The summed E-state index contributed by atoms with van der Waals surface area (Å²) in [6.07, 6.45) is 1.38. The Morgan fingerprint density at radius 3 is 2.00 bits per heavy atom. The fraction of sp³-hybridized carbons (Fsp3) is 0.296. The molecule has 0 saturated carbocycles. The average molecular weight is 447 g/mol. The molecule has 6 nitrogen and oxygen atoms in total. The lowest BCUT2D eigenvalue weighted by Crippen LogP contribution is -2.47. The maximum absolute atomic E-state index is 13.0. The molecule has 1 heterocycles. The van der Waals surface area contributed by atoms with E-state index in [1.807, 2.05) is 60.7 Å². The van der Waals surface area contributed by atoms with Gasteiger partial charge in [-0.3, -0.25) is 0 Å². The minimum atomic E-state index is -1.11. The lowest BCUT2D eigenvalue weighted by atomic mass is 9.72. The van der Waals surface area contributed by atoms with Crippen molar-refractivity contribution in [3.8, 4) is 11.5 Å². The number of nitrogens with one attached hydrogen (secondary N) is 1. The van der Waals surface area contributed by atoms with Crippen LogP contribution in [0.5, 0.6) is 11.5 Å². The number of methoxy groups -OCH3 is 2. The van der Waals surface area contributed by atoms with Crippen LogP contribution in [0.25, 0.3) is 0 Å². The summed E-state index contributed by atoms with van der Waals surface area (Å²) >= 11 is 0. The van der Waals surface area contributed by atoms with Gasteiger partial charge in [0.1, 0.15) is 17.1 Å². The highest BCUT2D eigenvalue weighted by Crippen LogP contribution is 2.42. The summed E-state index contributed by atoms with van der Waals surface area (Å²) in [7, 11) is 3.15. The number of hydrogen-bond acceptors (Lipinski definition) is 4. The highest BCUT2D eigenvalue weighted by atomic mass is 16.5. The van der Waals surface area contributed by atoms with Crippen LogP contribution >= 0.6 is 0 Å². The monoisotopic (exact) mass is 446 g/mol. The predicted molar refractivity (Wildman–Crippen MR) is 129 cm³/mol. The number of likely N-dealkylation sites (tertiary alicyclic amines) is 1. The Balaban J connectivity index is 1.49. The van der Waals surface area contributed by atoms with Crippen LogP contribution in [0, 0.1) is 5.92 Å². The van der Waals surface area contributed by atoms with E-state index in [0.29, 0.717) is 43.1 Å². The van der Waals surface area contributed by atoms with Crippen LogP contribution in [0.4, 0.5) is 10.5 Å². The van der Waals surface area contributed by atoms with Crippen molar-refractivity contribution in [3.63, 3.8) is 0 Å². The van der Waals surface area contributed by atoms with Gasteiger partial charge in [-0.05, 0) is 42.0 Å². The summed E-state index contributed by atoms with van der Waals surface area (Å²) < 4.78 is 10.6. The molecular weight excluding hydrogens is 416 g/mol. The minimum absolute atomic E-state index is 0.0122. The smallest absolute Gasteiger partial charge is 0.321 e. The Labute approximate surface area is 194 Å². The molecule has 3 aromatic rings. The number of hydrogen-bond donors (Lipinski definition) is 2. The molecule has 0 aliphatic carbocycles. The number of piperidine rings is 1. The molecular formula is C27H30N2O4. The van der Waals surface area contributed by atoms with Crippen LogP contribution in [0.3, 0.4) is 0 Å². The van der Waals surface area contributed by atoms with Crippen molar-refractivity contribution in [3.05, 3.63) is 90.0 Å². The van der Waals surface area contributed by atoms with E-state index < -0.39 is 5.60 Å². The number of benzene rings is 3. The molecule has 33 heavy (non-hydrogen) atoms. The topological polar surface area (TPSA) is 71.0 Å². The average Bonchev–Trinajstić information content (AvgIpc) is 2.89. The van der Waals surface area contributed by atoms with Crippen LogP contribution in [0.15, 0.2) is 78.9 Å². The lowest BCUT2D eigenvalue weighted by Gasteiger charge is -2.42. The molecule has 1 saturated heterocycles. The SMILES string of the molecule is COc1ccc(NC(=O)N2CCC(C(O)(c3ccccc3)c3ccccc3)CC2)c(OC)c1. The summed E-state index contributed by atoms with van der Waals surface area (Å²) in [5.74, 6) is 1.19. The molecule has 4 rings (SSSR count). The molecule has 2 amide bonds. The summed E-state index contributed by atoms with van der Waals surface area (Å²) in [5, 5.41) is 15.0. The summed E-state index contributed by atoms with van der Waals surface area (Å²) in [5.41, 5.74) is 1.24. The molecule has 0 spiro atoms. The highest BCUT2D eigenvalue weighted by molar-refractivity contribution is 5.91. The number of carbonyl (C=O) groups is 1. The van der Waals surface area contributed by atoms with Crippen molar-refractivity contribution in [2.75, 3.05) is 32.6 Å². The molecule has 172 valence electrons. The van der Waals surface area contributed by atoms with E-state index in [0.717, 1.165) is 11.1 Å². The standard InChI is InChI=1S/C27H30N2O4/c1-32-23-13-14-24(25(19-23)33-2)28-26(30)29-17-15-22(16-18-29)27(31,20-9-5-3-6-10-20)21-11-7-4-8-12-21/h3-14,19,22,31H,15-18H2,1-2H3,(H,28,30). The highest BCUT2D eigenvalue weighted by Gasteiger charge is 2.42. The van der Waals surface area contributed by atoms with E-state index >= 15 is 0 Å². The molecule has 0 unspecified atom stereocenters. The van der Waals surface area contributed by atoms with Gasteiger partial charge in [0, 0.05) is 19.2 Å². The van der Waals surface area contributed by atoms with Crippen LogP contribution in [-0.4, -0.2) is 43.3 Å². The van der Waals surface area contributed by atoms with Gasteiger partial charge in [0.05, 0.1) is 19.9 Å². The van der Waals surface area contributed by atoms with Gasteiger partial charge >= 0.3 is 6.03 Å². The normalized spacial score (nSPS) is 14.6. The molecule has 0 aromatic heterocycles. The van der Waals surface area contributed by atoms with Gasteiger partial charge in [-0.1, -0.05) is 60.7 Å². The van der Waals surface area contributed by atoms with E-state index in [1.54, 1.807) is 37.3 Å². The van der Waals surface area contributed by atoms with E-state index in [4.69, 9.17) is 9.47 Å². The first-order chi connectivity index (χ1) is 16.1. The number of carbonyl (C=O) groups excluding carboxylic acids is 1. The first kappa shape index (κ1) is 22.7. The van der Waals surface area contributed by atoms with Crippen LogP contribution in [-0.2, 0) is 5.60 Å². The summed E-state index contributed by atoms with van der Waals surface area (Å²) in [6.45, 7) is 1.11. The fourth-order valence-electron chi connectivity index (χ4n) is 4.62. The van der Waals surface area contributed by atoms with Crippen LogP contribution in [0.2, 0.25) is 0 Å². The molecule has 2 N–H and O–H groups in total. The van der Waals surface area contributed by atoms with Crippen molar-refractivity contribution in [2.45, 2.75) is 18.4 Å². The third-order valence-electron chi connectivity index (χ3n) is 6.45. The number of aliphatic hydroxyl groups is 1. The van der Waals surface area contributed by atoms with E-state index in [9.17, 15) is 9.90 Å². The Morgan fingerprint density at radius 1 is 0.909 bits per heavy atom. The zero-order valence-electron chi connectivity index (χ0n) is 19.0. The maximum Gasteiger partial charge on any atom is 0.321 e. The number of nitrogens with zero attached hydrogens (tertiary/aromatic N) is 1. The number of urea groups is 1. The second kappa shape index (κ2) is 9.96. The van der Waals surface area contributed by atoms with Crippen LogP contribution < -0.4 is 14.8 Å². The number of ether oxygens (including phenoxy) is 2. The quantitative estimate of drug-likeness (QED) is 0.566. The Kier molecular flexibility index (Phi) is 6.84.